The summed E-state index contributed by atoms with van der Waals surface area (Å²) in [7, 11) is 0. The van der Waals surface area contributed by atoms with Gasteiger partial charge >= 0.3 is 12.2 Å². The molecule has 0 spiro atoms. The summed E-state index contributed by atoms with van der Waals surface area (Å²) in [6, 6.07) is 1.96. The number of nitrogens with zero attached hydrogens (tertiary/aromatic N) is 2. The van der Waals surface area contributed by atoms with Crippen LogP contribution in [0.15, 0.2) is 11.4 Å². The minimum absolute atomic E-state index is 0.0686. The number of carbonyl (C=O) groups is 1. The lowest BCUT2D eigenvalue weighted by molar-refractivity contribution is -0.174. The third-order valence-corrected chi connectivity index (χ3v) is 5.08. The van der Waals surface area contributed by atoms with Gasteiger partial charge in [-0.1, -0.05) is 0 Å². The monoisotopic (exact) mass is 379 g/mol. The van der Waals surface area contributed by atoms with Crippen molar-refractivity contribution in [1.29, 1.82) is 0 Å². The zero-order chi connectivity index (χ0) is 18.3. The summed E-state index contributed by atoms with van der Waals surface area (Å²) in [5, 5.41) is 4.94. The number of halogens is 3. The van der Waals surface area contributed by atoms with Crippen LogP contribution in [-0.4, -0.2) is 67.9 Å². The second kappa shape index (κ2) is 9.40. The number of hydrogen-bond acceptors (Lipinski definition) is 4. The van der Waals surface area contributed by atoms with E-state index in [0.717, 1.165) is 18.0 Å². The first-order valence-corrected chi connectivity index (χ1v) is 9.16. The molecule has 1 saturated heterocycles. The number of ether oxygens (including phenoxy) is 1. The maximum atomic E-state index is 12.2. The van der Waals surface area contributed by atoms with Crippen molar-refractivity contribution < 1.29 is 22.7 Å². The molecule has 0 atom stereocenters. The first kappa shape index (κ1) is 20.0. The number of piperazine rings is 1. The molecule has 5 nitrogen and oxygen atoms in total. The number of rotatable bonds is 7. The Kier molecular flexibility index (Phi) is 7.52. The second-order valence-electron chi connectivity index (χ2n) is 6.04. The average molecular weight is 379 g/mol. The molecule has 0 aliphatic carbocycles. The van der Waals surface area contributed by atoms with Gasteiger partial charge in [-0.3, -0.25) is 4.90 Å². The molecule has 1 aromatic rings. The Morgan fingerprint density at radius 3 is 2.64 bits per heavy atom. The molecule has 25 heavy (non-hydrogen) atoms. The van der Waals surface area contributed by atoms with Gasteiger partial charge in [0.25, 0.3) is 0 Å². The molecule has 1 N–H and O–H groups in total. The van der Waals surface area contributed by atoms with E-state index in [1.165, 1.54) is 5.56 Å². The predicted molar refractivity (Wildman–Crippen MR) is 90.8 cm³/mol. The van der Waals surface area contributed by atoms with Crippen LogP contribution in [0.5, 0.6) is 0 Å². The summed E-state index contributed by atoms with van der Waals surface area (Å²) in [5.41, 5.74) is 1.18. The lowest BCUT2D eigenvalue weighted by Gasteiger charge is -2.34. The minimum Gasteiger partial charge on any atom is -0.372 e. The average Bonchev–Trinajstić information content (AvgIpc) is 2.97. The minimum atomic E-state index is -4.26. The maximum Gasteiger partial charge on any atom is 0.411 e. The summed E-state index contributed by atoms with van der Waals surface area (Å²) in [4.78, 5) is 17.3. The number of carbonyl (C=O) groups excluding carboxylic acids is 1. The molecule has 0 unspecified atom stereocenters. The molecule has 2 heterocycles. The Bertz CT molecular complexity index is 543. The van der Waals surface area contributed by atoms with Crippen LogP contribution in [-0.2, 0) is 11.3 Å². The van der Waals surface area contributed by atoms with Gasteiger partial charge in [-0.25, -0.2) is 4.79 Å². The number of urea groups is 1. The summed E-state index contributed by atoms with van der Waals surface area (Å²) in [6.07, 6.45) is -3.71. The Balaban J connectivity index is 1.58. The van der Waals surface area contributed by atoms with Gasteiger partial charge < -0.3 is 15.0 Å². The third-order valence-electron chi connectivity index (χ3n) is 4.06. The van der Waals surface area contributed by atoms with Crippen LogP contribution in [0.3, 0.4) is 0 Å². The van der Waals surface area contributed by atoms with E-state index in [2.05, 4.69) is 15.0 Å². The summed E-state index contributed by atoms with van der Waals surface area (Å²) >= 11 is 1.63. The number of nitrogens with one attached hydrogen (secondary N) is 1. The van der Waals surface area contributed by atoms with Crippen molar-refractivity contribution in [3.8, 4) is 0 Å². The van der Waals surface area contributed by atoms with Gasteiger partial charge in [0.2, 0.25) is 0 Å². The first-order valence-electron chi connectivity index (χ1n) is 8.28. The molecular formula is C16H24F3N3O2S. The highest BCUT2D eigenvalue weighted by molar-refractivity contribution is 7.10. The fraction of sp³-hybridized carbons (Fsp3) is 0.688. The molecule has 2 amide bonds. The highest BCUT2D eigenvalue weighted by atomic mass is 32.1. The van der Waals surface area contributed by atoms with E-state index in [0.29, 0.717) is 32.6 Å². The van der Waals surface area contributed by atoms with Crippen LogP contribution in [0.25, 0.3) is 0 Å². The van der Waals surface area contributed by atoms with Crippen molar-refractivity contribution in [3.63, 3.8) is 0 Å². The van der Waals surface area contributed by atoms with E-state index >= 15 is 0 Å². The smallest absolute Gasteiger partial charge is 0.372 e. The van der Waals surface area contributed by atoms with Gasteiger partial charge in [0, 0.05) is 44.2 Å². The van der Waals surface area contributed by atoms with Crippen molar-refractivity contribution >= 4 is 17.4 Å². The summed E-state index contributed by atoms with van der Waals surface area (Å²) in [6.45, 7) is 4.85. The van der Waals surface area contributed by atoms with E-state index in [-0.39, 0.29) is 12.6 Å². The largest absolute Gasteiger partial charge is 0.411 e. The van der Waals surface area contributed by atoms with Crippen LogP contribution in [0, 0.1) is 6.92 Å². The topological polar surface area (TPSA) is 44.8 Å². The van der Waals surface area contributed by atoms with Gasteiger partial charge in [-0.2, -0.15) is 13.2 Å². The molecule has 1 aliphatic rings. The van der Waals surface area contributed by atoms with Crippen LogP contribution in [0.4, 0.5) is 18.0 Å². The number of amides is 2. The second-order valence-corrected chi connectivity index (χ2v) is 7.04. The lowest BCUT2D eigenvalue weighted by Crippen LogP contribution is -2.51. The zero-order valence-electron chi connectivity index (χ0n) is 14.3. The van der Waals surface area contributed by atoms with E-state index in [1.807, 2.05) is 18.4 Å². The van der Waals surface area contributed by atoms with Crippen LogP contribution in [0.1, 0.15) is 16.9 Å². The molecular weight excluding hydrogens is 355 g/mol. The molecule has 1 fully saturated rings. The van der Waals surface area contributed by atoms with Gasteiger partial charge in [0.1, 0.15) is 6.61 Å². The first-order chi connectivity index (χ1) is 11.8. The Morgan fingerprint density at radius 2 is 2.04 bits per heavy atom. The normalized spacial score (nSPS) is 16.2. The number of aryl methyl sites for hydroxylation is 1. The van der Waals surface area contributed by atoms with Crippen LogP contribution < -0.4 is 5.32 Å². The van der Waals surface area contributed by atoms with Crippen LogP contribution >= 0.6 is 11.3 Å². The summed E-state index contributed by atoms with van der Waals surface area (Å²) < 4.78 is 40.5. The standard InChI is InChI=1S/C16H24F3N3O2S/c1-13-3-10-25-14(13)11-20-15(23)22-7-5-21(6-8-22)4-2-9-24-12-16(17,18)19/h3,10H,2,4-9,11-12H2,1H3,(H,20,23). The van der Waals surface area contributed by atoms with Crippen molar-refractivity contribution in [2.24, 2.45) is 0 Å². The molecule has 1 aliphatic heterocycles. The molecule has 0 saturated carbocycles. The highest BCUT2D eigenvalue weighted by Gasteiger charge is 2.27. The van der Waals surface area contributed by atoms with Gasteiger partial charge in [0.15, 0.2) is 0 Å². The number of alkyl halides is 3. The zero-order valence-corrected chi connectivity index (χ0v) is 15.1. The van der Waals surface area contributed by atoms with Crippen molar-refractivity contribution in [1.82, 2.24) is 15.1 Å². The van der Waals surface area contributed by atoms with Gasteiger partial charge in [-0.05, 0) is 30.4 Å². The van der Waals surface area contributed by atoms with E-state index in [1.54, 1.807) is 16.2 Å². The predicted octanol–water partition coefficient (Wildman–Crippen LogP) is 2.85. The highest BCUT2D eigenvalue weighted by Crippen LogP contribution is 2.15. The quantitative estimate of drug-likeness (QED) is 0.741. The maximum absolute atomic E-state index is 12.2. The SMILES string of the molecule is Cc1ccsc1CNC(=O)N1CCN(CCCOCC(F)(F)F)CC1. The molecule has 0 aromatic carbocycles. The van der Waals surface area contributed by atoms with Crippen LogP contribution in [0.2, 0.25) is 0 Å². The number of hydrogen-bond donors (Lipinski definition) is 1. The van der Waals surface area contributed by atoms with E-state index in [9.17, 15) is 18.0 Å². The van der Waals surface area contributed by atoms with Crippen molar-refractivity contribution in [2.75, 3.05) is 45.9 Å². The van der Waals surface area contributed by atoms with E-state index < -0.39 is 12.8 Å². The summed E-state index contributed by atoms with van der Waals surface area (Å²) in [5.74, 6) is 0. The molecule has 142 valence electrons. The molecule has 2 rings (SSSR count). The fourth-order valence-electron chi connectivity index (χ4n) is 2.61. The Morgan fingerprint density at radius 1 is 1.32 bits per heavy atom. The fourth-order valence-corrected chi connectivity index (χ4v) is 3.45. The lowest BCUT2D eigenvalue weighted by atomic mass is 10.3. The molecule has 0 bridgehead atoms. The Hall–Kier alpha value is -1.32. The molecule has 0 radical (unpaired) electrons. The molecule has 9 heteroatoms. The van der Waals surface area contributed by atoms with Crippen molar-refractivity contribution in [3.05, 3.63) is 21.9 Å². The van der Waals surface area contributed by atoms with Crippen molar-refractivity contribution in [2.45, 2.75) is 26.1 Å². The Labute approximate surface area is 149 Å². The van der Waals surface area contributed by atoms with E-state index in [4.69, 9.17) is 0 Å². The number of thiophene rings is 1. The third kappa shape index (κ3) is 7.21. The van der Waals surface area contributed by atoms with Gasteiger partial charge in [-0.15, -0.1) is 11.3 Å². The van der Waals surface area contributed by atoms with Gasteiger partial charge in [0.05, 0.1) is 6.54 Å². The molecule has 1 aromatic heterocycles.